The molecule has 2 heterocycles. The Morgan fingerprint density at radius 3 is 2.90 bits per heavy atom. The normalized spacial score (nSPS) is 14.2. The molecular weight excluding hydrogens is 268 g/mol. The summed E-state index contributed by atoms with van der Waals surface area (Å²) in [5.74, 6) is 0.268. The van der Waals surface area contributed by atoms with Crippen LogP contribution in [-0.4, -0.2) is 21.8 Å². The van der Waals surface area contributed by atoms with Gasteiger partial charge in [0.25, 0.3) is 0 Å². The Balaban J connectivity index is 1.58. The van der Waals surface area contributed by atoms with E-state index in [0.717, 1.165) is 31.4 Å². The lowest BCUT2D eigenvalue weighted by Crippen LogP contribution is -2.32. The zero-order chi connectivity index (χ0) is 13.8. The third kappa shape index (κ3) is 3.45. The van der Waals surface area contributed by atoms with E-state index in [4.69, 9.17) is 0 Å². The third-order valence-corrected chi connectivity index (χ3v) is 4.43. The highest BCUT2D eigenvalue weighted by molar-refractivity contribution is 7.09. The fraction of sp³-hybridized carbons (Fsp3) is 0.375. The van der Waals surface area contributed by atoms with Gasteiger partial charge in [0.1, 0.15) is 0 Å². The van der Waals surface area contributed by atoms with Crippen molar-refractivity contribution in [2.75, 3.05) is 0 Å². The summed E-state index contributed by atoms with van der Waals surface area (Å²) in [6.45, 7) is 0.772. The minimum Gasteiger partial charge on any atom is -0.335 e. The van der Waals surface area contributed by atoms with Gasteiger partial charge in [-0.1, -0.05) is 12.1 Å². The van der Waals surface area contributed by atoms with E-state index in [0.29, 0.717) is 12.5 Å². The first-order valence-corrected chi connectivity index (χ1v) is 7.91. The quantitative estimate of drug-likeness (QED) is 0.816. The fourth-order valence-corrected chi connectivity index (χ4v) is 3.02. The van der Waals surface area contributed by atoms with Crippen molar-refractivity contribution in [2.24, 2.45) is 0 Å². The number of carbonyl (C=O) groups excluding carboxylic acids is 1. The number of hydrogen-bond acceptors (Lipinski definition) is 3. The largest absolute Gasteiger partial charge is 0.335 e. The van der Waals surface area contributed by atoms with Crippen LogP contribution in [-0.2, 0) is 17.8 Å². The number of amides is 1. The average molecular weight is 286 g/mol. The maximum atomic E-state index is 12.4. The van der Waals surface area contributed by atoms with Crippen LogP contribution in [0.1, 0.15) is 29.7 Å². The van der Waals surface area contributed by atoms with Crippen molar-refractivity contribution in [3.63, 3.8) is 0 Å². The van der Waals surface area contributed by atoms with Crippen LogP contribution >= 0.6 is 11.3 Å². The molecule has 2 aromatic heterocycles. The van der Waals surface area contributed by atoms with Crippen LogP contribution in [0.2, 0.25) is 0 Å². The number of rotatable bonds is 6. The van der Waals surface area contributed by atoms with Gasteiger partial charge in [0.15, 0.2) is 0 Å². The molecule has 1 amide bonds. The van der Waals surface area contributed by atoms with Crippen LogP contribution in [0.4, 0.5) is 0 Å². The second-order valence-electron chi connectivity index (χ2n) is 5.19. The zero-order valence-electron chi connectivity index (χ0n) is 11.4. The Hall–Kier alpha value is -1.68. The third-order valence-electron chi connectivity index (χ3n) is 3.56. The molecule has 1 aliphatic carbocycles. The number of aryl methyl sites for hydroxylation is 1. The lowest BCUT2D eigenvalue weighted by atomic mass is 10.1. The van der Waals surface area contributed by atoms with E-state index < -0.39 is 0 Å². The maximum Gasteiger partial charge on any atom is 0.223 e. The number of thiophene rings is 1. The molecule has 2 aromatic rings. The summed E-state index contributed by atoms with van der Waals surface area (Å²) >= 11 is 1.72. The van der Waals surface area contributed by atoms with Crippen molar-refractivity contribution in [3.8, 4) is 0 Å². The molecule has 104 valence electrons. The van der Waals surface area contributed by atoms with Gasteiger partial charge < -0.3 is 4.90 Å². The Labute approximate surface area is 123 Å². The van der Waals surface area contributed by atoms with Crippen molar-refractivity contribution < 1.29 is 4.79 Å². The summed E-state index contributed by atoms with van der Waals surface area (Å²) in [5.41, 5.74) is 1.13. The van der Waals surface area contributed by atoms with E-state index in [-0.39, 0.29) is 5.91 Å². The fourth-order valence-electron chi connectivity index (χ4n) is 2.32. The van der Waals surface area contributed by atoms with E-state index in [1.807, 2.05) is 24.4 Å². The monoisotopic (exact) mass is 286 g/mol. The first-order chi connectivity index (χ1) is 9.83. The molecule has 0 aliphatic heterocycles. The van der Waals surface area contributed by atoms with Crippen LogP contribution in [0, 0.1) is 0 Å². The van der Waals surface area contributed by atoms with Crippen molar-refractivity contribution in [3.05, 3.63) is 52.5 Å². The van der Waals surface area contributed by atoms with E-state index >= 15 is 0 Å². The Bertz CT molecular complexity index is 549. The predicted molar refractivity (Wildman–Crippen MR) is 80.4 cm³/mol. The topological polar surface area (TPSA) is 33.2 Å². The average Bonchev–Trinajstić information content (AvgIpc) is 3.20. The summed E-state index contributed by atoms with van der Waals surface area (Å²) in [6, 6.07) is 8.57. The van der Waals surface area contributed by atoms with E-state index in [1.54, 1.807) is 17.5 Å². The Morgan fingerprint density at radius 1 is 1.35 bits per heavy atom. The van der Waals surface area contributed by atoms with Gasteiger partial charge in [-0.25, -0.2) is 0 Å². The zero-order valence-corrected chi connectivity index (χ0v) is 12.2. The molecule has 0 N–H and O–H groups in total. The van der Waals surface area contributed by atoms with E-state index in [9.17, 15) is 4.79 Å². The molecular formula is C16H18N2OS. The smallest absolute Gasteiger partial charge is 0.223 e. The molecule has 1 aliphatic rings. The first kappa shape index (κ1) is 13.3. The Kier molecular flexibility index (Phi) is 4.11. The Morgan fingerprint density at radius 2 is 2.25 bits per heavy atom. The molecule has 20 heavy (non-hydrogen) atoms. The van der Waals surface area contributed by atoms with Crippen LogP contribution in [0.25, 0.3) is 0 Å². The summed E-state index contributed by atoms with van der Waals surface area (Å²) in [4.78, 5) is 19.9. The number of pyridine rings is 1. The summed E-state index contributed by atoms with van der Waals surface area (Å²) in [5, 5.41) is 2.07. The van der Waals surface area contributed by atoms with Gasteiger partial charge in [-0.3, -0.25) is 9.78 Å². The molecule has 0 unspecified atom stereocenters. The van der Waals surface area contributed by atoms with E-state index in [2.05, 4.69) is 21.3 Å². The van der Waals surface area contributed by atoms with Gasteiger partial charge in [-0.05, 0) is 42.3 Å². The molecule has 3 rings (SSSR count). The molecule has 1 fully saturated rings. The highest BCUT2D eigenvalue weighted by Gasteiger charge is 2.32. The molecule has 1 saturated carbocycles. The van der Waals surface area contributed by atoms with Gasteiger partial charge in [0, 0.05) is 29.7 Å². The lowest BCUT2D eigenvalue weighted by Gasteiger charge is -2.21. The van der Waals surface area contributed by atoms with Crippen LogP contribution in [0.5, 0.6) is 0 Å². The van der Waals surface area contributed by atoms with Crippen molar-refractivity contribution in [1.82, 2.24) is 9.88 Å². The van der Waals surface area contributed by atoms with Crippen LogP contribution in [0.3, 0.4) is 0 Å². The minimum atomic E-state index is 0.268. The maximum absolute atomic E-state index is 12.4. The molecule has 0 radical (unpaired) electrons. The predicted octanol–water partition coefficient (Wildman–Crippen LogP) is 3.27. The van der Waals surface area contributed by atoms with Crippen LogP contribution in [0.15, 0.2) is 42.0 Å². The number of carbonyl (C=O) groups is 1. The summed E-state index contributed by atoms with van der Waals surface area (Å²) in [6.07, 6.45) is 7.27. The minimum absolute atomic E-state index is 0.268. The number of hydrogen-bond donors (Lipinski definition) is 0. The SMILES string of the molecule is O=C(CCc1cccnc1)N(Cc1cccs1)C1CC1. The first-order valence-electron chi connectivity index (χ1n) is 7.03. The molecule has 0 atom stereocenters. The lowest BCUT2D eigenvalue weighted by molar-refractivity contribution is -0.132. The summed E-state index contributed by atoms with van der Waals surface area (Å²) in [7, 11) is 0. The van der Waals surface area contributed by atoms with Crippen molar-refractivity contribution >= 4 is 17.2 Å². The van der Waals surface area contributed by atoms with Crippen LogP contribution < -0.4 is 0 Å². The summed E-state index contributed by atoms with van der Waals surface area (Å²) < 4.78 is 0. The highest BCUT2D eigenvalue weighted by Crippen LogP contribution is 2.30. The van der Waals surface area contributed by atoms with Gasteiger partial charge >= 0.3 is 0 Å². The van der Waals surface area contributed by atoms with Gasteiger partial charge in [0.05, 0.1) is 6.54 Å². The molecule has 0 spiro atoms. The second-order valence-corrected chi connectivity index (χ2v) is 6.23. The molecule has 0 aromatic carbocycles. The highest BCUT2D eigenvalue weighted by atomic mass is 32.1. The molecule has 0 bridgehead atoms. The van der Waals surface area contributed by atoms with Gasteiger partial charge in [-0.2, -0.15) is 0 Å². The van der Waals surface area contributed by atoms with Gasteiger partial charge in [-0.15, -0.1) is 11.3 Å². The standard InChI is InChI=1S/C16H18N2OS/c19-16(8-5-13-3-1-9-17-11-13)18(14-6-7-14)12-15-4-2-10-20-15/h1-4,9-11,14H,5-8,12H2. The van der Waals surface area contributed by atoms with Gasteiger partial charge in [0.2, 0.25) is 5.91 Å². The number of nitrogens with zero attached hydrogens (tertiary/aromatic N) is 2. The van der Waals surface area contributed by atoms with Crippen molar-refractivity contribution in [2.45, 2.75) is 38.3 Å². The second kappa shape index (κ2) is 6.18. The molecule has 0 saturated heterocycles. The molecule has 4 heteroatoms. The number of aromatic nitrogens is 1. The van der Waals surface area contributed by atoms with Crippen molar-refractivity contribution in [1.29, 1.82) is 0 Å². The molecule has 3 nitrogen and oxygen atoms in total. The van der Waals surface area contributed by atoms with E-state index in [1.165, 1.54) is 4.88 Å².